The number of benzene rings is 1. The SMILES string of the molecule is CCCCCC(=O)Oc1cc(O)ccc1[N+](=O)[O-]. The van der Waals surface area contributed by atoms with E-state index in [1.54, 1.807) is 0 Å². The van der Waals surface area contributed by atoms with Crippen LogP contribution < -0.4 is 4.74 Å². The van der Waals surface area contributed by atoms with Crippen LogP contribution in [0.15, 0.2) is 18.2 Å². The Hall–Kier alpha value is -2.11. The van der Waals surface area contributed by atoms with Crippen LogP contribution in [0.2, 0.25) is 0 Å². The summed E-state index contributed by atoms with van der Waals surface area (Å²) in [6.07, 6.45) is 2.76. The van der Waals surface area contributed by atoms with Crippen LogP contribution in [-0.2, 0) is 4.79 Å². The number of nitro benzene ring substituents is 1. The normalized spacial score (nSPS) is 10.1. The largest absolute Gasteiger partial charge is 0.508 e. The molecule has 0 aliphatic carbocycles. The molecule has 1 aromatic rings. The molecule has 6 nitrogen and oxygen atoms in total. The van der Waals surface area contributed by atoms with Gasteiger partial charge in [-0.3, -0.25) is 14.9 Å². The minimum Gasteiger partial charge on any atom is -0.508 e. The van der Waals surface area contributed by atoms with Gasteiger partial charge >= 0.3 is 11.7 Å². The number of phenolic OH excluding ortho intramolecular Hbond substituents is 1. The Morgan fingerprint density at radius 2 is 2.17 bits per heavy atom. The van der Waals surface area contributed by atoms with E-state index in [-0.39, 0.29) is 23.6 Å². The van der Waals surface area contributed by atoms with E-state index in [0.717, 1.165) is 25.0 Å². The number of rotatable bonds is 6. The number of phenols is 1. The summed E-state index contributed by atoms with van der Waals surface area (Å²) in [5.74, 6) is -0.935. The van der Waals surface area contributed by atoms with E-state index < -0.39 is 10.9 Å². The third-order valence-corrected chi connectivity index (χ3v) is 2.35. The molecule has 0 unspecified atom stereocenters. The second-order valence-corrected chi connectivity index (χ2v) is 3.84. The Kier molecular flexibility index (Phi) is 5.10. The summed E-state index contributed by atoms with van der Waals surface area (Å²) in [5.41, 5.74) is -0.336. The van der Waals surface area contributed by atoms with Crippen LogP contribution in [0, 0.1) is 10.1 Å². The van der Waals surface area contributed by atoms with Gasteiger partial charge in [-0.05, 0) is 12.5 Å². The highest BCUT2D eigenvalue weighted by atomic mass is 16.6. The van der Waals surface area contributed by atoms with Crippen LogP contribution >= 0.6 is 0 Å². The van der Waals surface area contributed by atoms with E-state index in [4.69, 9.17) is 4.74 Å². The molecule has 0 fully saturated rings. The molecule has 0 bridgehead atoms. The number of nitro groups is 1. The van der Waals surface area contributed by atoms with E-state index in [9.17, 15) is 20.0 Å². The van der Waals surface area contributed by atoms with Gasteiger partial charge in [0.1, 0.15) is 5.75 Å². The lowest BCUT2D eigenvalue weighted by Crippen LogP contribution is -2.08. The first-order chi connectivity index (χ1) is 8.54. The number of nitrogens with zero attached hydrogens (tertiary/aromatic N) is 1. The van der Waals surface area contributed by atoms with Gasteiger partial charge in [0.25, 0.3) is 0 Å². The Morgan fingerprint density at radius 1 is 1.44 bits per heavy atom. The van der Waals surface area contributed by atoms with Crippen LogP contribution in [0.25, 0.3) is 0 Å². The molecule has 6 heteroatoms. The highest BCUT2D eigenvalue weighted by Crippen LogP contribution is 2.30. The van der Waals surface area contributed by atoms with Gasteiger partial charge in [0.15, 0.2) is 0 Å². The van der Waals surface area contributed by atoms with Crippen molar-refractivity contribution in [3.8, 4) is 11.5 Å². The van der Waals surface area contributed by atoms with E-state index in [2.05, 4.69) is 0 Å². The van der Waals surface area contributed by atoms with Crippen molar-refractivity contribution in [3.05, 3.63) is 28.3 Å². The molecule has 0 saturated carbocycles. The summed E-state index contributed by atoms with van der Waals surface area (Å²) in [7, 11) is 0. The smallest absolute Gasteiger partial charge is 0.311 e. The summed E-state index contributed by atoms with van der Waals surface area (Å²) in [6.45, 7) is 2.01. The van der Waals surface area contributed by atoms with Crippen molar-refractivity contribution in [2.75, 3.05) is 0 Å². The number of esters is 1. The van der Waals surface area contributed by atoms with Gasteiger partial charge in [-0.1, -0.05) is 19.8 Å². The van der Waals surface area contributed by atoms with Crippen molar-refractivity contribution in [2.45, 2.75) is 32.6 Å². The summed E-state index contributed by atoms with van der Waals surface area (Å²) < 4.78 is 4.89. The van der Waals surface area contributed by atoms with E-state index in [0.29, 0.717) is 6.42 Å². The molecule has 0 aromatic heterocycles. The molecule has 0 amide bonds. The number of carbonyl (C=O) groups excluding carboxylic acids is 1. The molecule has 1 aromatic carbocycles. The minimum absolute atomic E-state index is 0.183. The number of ether oxygens (including phenoxy) is 1. The lowest BCUT2D eigenvalue weighted by atomic mass is 10.2. The van der Waals surface area contributed by atoms with Crippen molar-refractivity contribution in [3.63, 3.8) is 0 Å². The maximum absolute atomic E-state index is 11.4. The summed E-state index contributed by atoms with van der Waals surface area (Å²) in [4.78, 5) is 21.5. The summed E-state index contributed by atoms with van der Waals surface area (Å²) in [5, 5.41) is 19.9. The molecule has 1 rings (SSSR count). The topological polar surface area (TPSA) is 89.7 Å². The molecule has 0 heterocycles. The highest BCUT2D eigenvalue weighted by Gasteiger charge is 2.18. The average Bonchev–Trinajstić information content (AvgIpc) is 2.29. The fraction of sp³-hybridized carbons (Fsp3) is 0.417. The van der Waals surface area contributed by atoms with E-state index in [1.807, 2.05) is 6.92 Å². The van der Waals surface area contributed by atoms with Gasteiger partial charge in [-0.25, -0.2) is 0 Å². The molecule has 0 spiro atoms. The molecular weight excluding hydrogens is 238 g/mol. The fourth-order valence-electron chi connectivity index (χ4n) is 1.43. The van der Waals surface area contributed by atoms with E-state index in [1.165, 1.54) is 6.07 Å². The second-order valence-electron chi connectivity index (χ2n) is 3.84. The zero-order valence-corrected chi connectivity index (χ0v) is 10.1. The highest BCUT2D eigenvalue weighted by molar-refractivity contribution is 5.74. The summed E-state index contributed by atoms with van der Waals surface area (Å²) >= 11 is 0. The van der Waals surface area contributed by atoms with E-state index >= 15 is 0 Å². The van der Waals surface area contributed by atoms with Crippen LogP contribution in [0.1, 0.15) is 32.6 Å². The molecule has 18 heavy (non-hydrogen) atoms. The quantitative estimate of drug-likeness (QED) is 0.277. The van der Waals surface area contributed by atoms with Gasteiger partial charge in [0.2, 0.25) is 5.75 Å². The molecular formula is C12H15NO5. The van der Waals surface area contributed by atoms with Crippen molar-refractivity contribution in [1.82, 2.24) is 0 Å². The second kappa shape index (κ2) is 6.58. The van der Waals surface area contributed by atoms with Crippen LogP contribution in [-0.4, -0.2) is 16.0 Å². The van der Waals surface area contributed by atoms with Gasteiger partial charge in [-0.2, -0.15) is 0 Å². The number of aromatic hydroxyl groups is 1. The molecule has 0 saturated heterocycles. The molecule has 0 radical (unpaired) electrons. The summed E-state index contributed by atoms with van der Waals surface area (Å²) in [6, 6.07) is 3.34. The number of carbonyl (C=O) groups is 1. The monoisotopic (exact) mass is 253 g/mol. The third kappa shape index (κ3) is 4.04. The zero-order chi connectivity index (χ0) is 13.5. The Bertz CT molecular complexity index is 444. The Balaban J connectivity index is 2.73. The molecule has 0 aliphatic rings. The van der Waals surface area contributed by atoms with Crippen molar-refractivity contribution in [1.29, 1.82) is 0 Å². The van der Waals surface area contributed by atoms with Gasteiger partial charge in [-0.15, -0.1) is 0 Å². The number of hydrogen-bond donors (Lipinski definition) is 1. The number of hydrogen-bond acceptors (Lipinski definition) is 5. The third-order valence-electron chi connectivity index (χ3n) is 2.35. The van der Waals surface area contributed by atoms with Gasteiger partial charge in [0, 0.05) is 18.6 Å². The number of unbranched alkanes of at least 4 members (excludes halogenated alkanes) is 2. The first-order valence-corrected chi connectivity index (χ1v) is 5.72. The van der Waals surface area contributed by atoms with Crippen molar-refractivity contribution < 1.29 is 19.6 Å². The van der Waals surface area contributed by atoms with Gasteiger partial charge in [0.05, 0.1) is 4.92 Å². The average molecular weight is 253 g/mol. The van der Waals surface area contributed by atoms with Crippen molar-refractivity contribution >= 4 is 11.7 Å². The maximum atomic E-state index is 11.4. The predicted molar refractivity (Wildman–Crippen MR) is 64.5 cm³/mol. The van der Waals surface area contributed by atoms with Crippen LogP contribution in [0.4, 0.5) is 5.69 Å². The Labute approximate surface area is 104 Å². The zero-order valence-electron chi connectivity index (χ0n) is 10.1. The lowest BCUT2D eigenvalue weighted by molar-refractivity contribution is -0.385. The maximum Gasteiger partial charge on any atom is 0.311 e. The molecule has 1 N–H and O–H groups in total. The Morgan fingerprint density at radius 3 is 2.78 bits per heavy atom. The molecule has 0 aliphatic heterocycles. The van der Waals surface area contributed by atoms with Gasteiger partial charge < -0.3 is 9.84 Å². The minimum atomic E-state index is -0.659. The first kappa shape index (κ1) is 14.0. The van der Waals surface area contributed by atoms with Crippen LogP contribution in [0.3, 0.4) is 0 Å². The lowest BCUT2D eigenvalue weighted by Gasteiger charge is -2.05. The fourth-order valence-corrected chi connectivity index (χ4v) is 1.43. The predicted octanol–water partition coefficient (Wildman–Crippen LogP) is 2.79. The van der Waals surface area contributed by atoms with Crippen LogP contribution in [0.5, 0.6) is 11.5 Å². The molecule has 98 valence electrons. The standard InChI is InChI=1S/C12H15NO5/c1-2-3-4-5-12(15)18-11-8-9(14)6-7-10(11)13(16)17/h6-8,14H,2-5H2,1H3. The van der Waals surface area contributed by atoms with Crippen molar-refractivity contribution in [2.24, 2.45) is 0 Å². The molecule has 0 atom stereocenters. The first-order valence-electron chi connectivity index (χ1n) is 5.72.